The third kappa shape index (κ3) is 4.86. The monoisotopic (exact) mass is 511 g/mol. The fourth-order valence-corrected chi connectivity index (χ4v) is 4.80. The van der Waals surface area contributed by atoms with Gasteiger partial charge in [0.15, 0.2) is 5.82 Å². The molecule has 2 N–H and O–H groups in total. The molecule has 1 fully saturated rings. The predicted octanol–water partition coefficient (Wildman–Crippen LogP) is 5.99. The molecule has 2 aromatic heterocycles. The molecule has 0 bridgehead atoms. The number of hydrogen-bond donors (Lipinski definition) is 1. The summed E-state index contributed by atoms with van der Waals surface area (Å²) < 4.78 is 63.6. The van der Waals surface area contributed by atoms with E-state index in [1.165, 1.54) is 13.0 Å². The summed E-state index contributed by atoms with van der Waals surface area (Å²) in [4.78, 5) is 14.7. The van der Waals surface area contributed by atoms with Gasteiger partial charge in [0.25, 0.3) is 0 Å². The Hall–Kier alpha value is -2.72. The maximum absolute atomic E-state index is 16.0. The zero-order valence-electron chi connectivity index (χ0n) is 19.8. The number of likely N-dealkylation sites (N-methyl/N-ethyl adjacent to an activating group) is 1. The minimum Gasteiger partial charge on any atom is -0.462 e. The first-order valence-electron chi connectivity index (χ1n) is 11.3. The molecule has 1 atom stereocenters. The molecule has 1 aliphatic heterocycles. The van der Waals surface area contributed by atoms with E-state index in [4.69, 9.17) is 22.1 Å². The van der Waals surface area contributed by atoms with Crippen LogP contribution in [0, 0.1) is 12.7 Å². The van der Waals surface area contributed by atoms with Crippen molar-refractivity contribution in [2.45, 2.75) is 51.7 Å². The Labute approximate surface area is 205 Å². The number of rotatable bonds is 5. The van der Waals surface area contributed by atoms with E-state index in [9.17, 15) is 13.2 Å². The summed E-state index contributed by atoms with van der Waals surface area (Å²) in [5, 5.41) is 0.0514. The van der Waals surface area contributed by atoms with Crippen LogP contribution in [0.1, 0.15) is 49.4 Å². The number of hydrogen-bond acceptors (Lipinski definition) is 6. The van der Waals surface area contributed by atoms with Crippen LogP contribution in [-0.2, 0) is 6.18 Å². The Bertz CT molecular complexity index is 1280. The molecule has 3 aromatic rings. The van der Waals surface area contributed by atoms with Gasteiger partial charge >= 0.3 is 12.2 Å². The third-order valence-electron chi connectivity index (χ3n) is 6.27. The number of pyridine rings is 1. The summed E-state index contributed by atoms with van der Waals surface area (Å²) in [5.74, 6) is -1.38. The summed E-state index contributed by atoms with van der Waals surface area (Å²) in [7, 11) is 1.99. The number of benzene rings is 1. The Morgan fingerprint density at radius 1 is 1.23 bits per heavy atom. The lowest BCUT2D eigenvalue weighted by molar-refractivity contribution is -0.137. The van der Waals surface area contributed by atoms with Gasteiger partial charge in [-0.2, -0.15) is 23.1 Å². The maximum Gasteiger partial charge on any atom is 0.418 e. The second-order valence-electron chi connectivity index (χ2n) is 9.16. The lowest BCUT2D eigenvalue weighted by Gasteiger charge is -2.20. The van der Waals surface area contributed by atoms with Crippen molar-refractivity contribution < 1.29 is 22.3 Å². The van der Waals surface area contributed by atoms with Crippen LogP contribution in [0.5, 0.6) is 6.01 Å². The number of aromatic nitrogens is 3. The molecule has 0 saturated carbocycles. The van der Waals surface area contributed by atoms with Crippen molar-refractivity contribution in [3.8, 4) is 17.3 Å². The number of anilines is 1. The number of ether oxygens (including phenoxy) is 1. The zero-order chi connectivity index (χ0) is 25.7. The van der Waals surface area contributed by atoms with Crippen molar-refractivity contribution in [2.75, 3.05) is 25.9 Å². The van der Waals surface area contributed by atoms with Gasteiger partial charge in [-0.15, -0.1) is 0 Å². The Morgan fingerprint density at radius 3 is 2.54 bits per heavy atom. The van der Waals surface area contributed by atoms with Crippen LogP contribution >= 0.6 is 11.6 Å². The normalized spacial score (nSPS) is 17.0. The number of nitrogens with zero attached hydrogens (tertiary/aromatic N) is 4. The molecule has 11 heteroatoms. The summed E-state index contributed by atoms with van der Waals surface area (Å²) in [6.07, 6.45) is -2.80. The van der Waals surface area contributed by atoms with Gasteiger partial charge in [0, 0.05) is 11.4 Å². The summed E-state index contributed by atoms with van der Waals surface area (Å²) in [6, 6.07) is 2.60. The molecule has 0 spiro atoms. The van der Waals surface area contributed by atoms with Crippen molar-refractivity contribution in [1.82, 2.24) is 19.9 Å². The van der Waals surface area contributed by atoms with Gasteiger partial charge in [-0.25, -0.2) is 9.37 Å². The molecule has 0 amide bonds. The number of nitrogen functional groups attached to an aromatic ring is 1. The average Bonchev–Trinajstić information content (AvgIpc) is 3.15. The highest BCUT2D eigenvalue weighted by Crippen LogP contribution is 2.44. The first kappa shape index (κ1) is 25.4. The standard InChI is InChI=1S/C24H26ClF4N5O/c1-11(2)20-14-9-15(25)17(22-18(24(27,28)29)12(3)8-16(30)31-22)19(26)21(14)33-23(32-20)35-10-13-6-5-7-34(13)4/h8-9,11,13H,5-7,10H2,1-4H3,(H2,30,31). The first-order chi connectivity index (χ1) is 16.4. The van der Waals surface area contributed by atoms with Crippen LogP contribution in [0.3, 0.4) is 0 Å². The van der Waals surface area contributed by atoms with Gasteiger partial charge in [-0.05, 0) is 57.0 Å². The zero-order valence-corrected chi connectivity index (χ0v) is 20.6. The van der Waals surface area contributed by atoms with E-state index >= 15 is 4.39 Å². The molecule has 35 heavy (non-hydrogen) atoms. The van der Waals surface area contributed by atoms with E-state index in [1.54, 1.807) is 0 Å². The van der Waals surface area contributed by atoms with Crippen molar-refractivity contribution in [1.29, 1.82) is 0 Å². The van der Waals surface area contributed by atoms with Crippen LogP contribution in [-0.4, -0.2) is 46.1 Å². The fourth-order valence-electron chi connectivity index (χ4n) is 4.52. The largest absolute Gasteiger partial charge is 0.462 e. The Balaban J connectivity index is 1.92. The van der Waals surface area contributed by atoms with Crippen molar-refractivity contribution in [2.24, 2.45) is 0 Å². The van der Waals surface area contributed by atoms with Crippen molar-refractivity contribution in [3.63, 3.8) is 0 Å². The molecule has 0 radical (unpaired) electrons. The van der Waals surface area contributed by atoms with E-state index in [2.05, 4.69) is 19.9 Å². The first-order valence-corrected chi connectivity index (χ1v) is 11.6. The molecule has 3 heterocycles. The number of nitrogens with two attached hydrogens (primary N) is 1. The predicted molar refractivity (Wildman–Crippen MR) is 127 cm³/mol. The van der Waals surface area contributed by atoms with Crippen LogP contribution in [0.2, 0.25) is 5.02 Å². The number of aryl methyl sites for hydroxylation is 1. The highest BCUT2D eigenvalue weighted by Gasteiger charge is 2.38. The molecule has 188 valence electrons. The Morgan fingerprint density at radius 2 is 1.94 bits per heavy atom. The van der Waals surface area contributed by atoms with E-state index in [0.29, 0.717) is 17.7 Å². The molecule has 4 rings (SSSR count). The van der Waals surface area contributed by atoms with Crippen molar-refractivity contribution >= 4 is 28.3 Å². The van der Waals surface area contributed by atoms with Gasteiger partial charge < -0.3 is 15.4 Å². The number of likely N-dealkylation sites (tertiary alicyclic amines) is 1. The van der Waals surface area contributed by atoms with E-state index in [1.807, 2.05) is 20.9 Å². The molecular weight excluding hydrogens is 486 g/mol. The summed E-state index contributed by atoms with van der Waals surface area (Å²) >= 11 is 6.37. The topological polar surface area (TPSA) is 77.2 Å². The second kappa shape index (κ2) is 9.39. The van der Waals surface area contributed by atoms with Gasteiger partial charge in [0.05, 0.1) is 27.5 Å². The van der Waals surface area contributed by atoms with Crippen LogP contribution in [0.15, 0.2) is 12.1 Å². The second-order valence-corrected chi connectivity index (χ2v) is 9.57. The van der Waals surface area contributed by atoms with Crippen LogP contribution < -0.4 is 10.5 Å². The van der Waals surface area contributed by atoms with E-state index in [-0.39, 0.29) is 39.9 Å². The highest BCUT2D eigenvalue weighted by atomic mass is 35.5. The number of alkyl halides is 3. The van der Waals surface area contributed by atoms with Gasteiger partial charge in [0.1, 0.15) is 17.9 Å². The lowest BCUT2D eigenvalue weighted by Crippen LogP contribution is -2.31. The number of halogens is 5. The molecule has 6 nitrogen and oxygen atoms in total. The summed E-state index contributed by atoms with van der Waals surface area (Å²) in [6.45, 7) is 6.23. The highest BCUT2D eigenvalue weighted by molar-refractivity contribution is 6.34. The Kier molecular flexibility index (Phi) is 6.80. The maximum atomic E-state index is 16.0. The quantitative estimate of drug-likeness (QED) is 0.424. The van der Waals surface area contributed by atoms with Crippen LogP contribution in [0.4, 0.5) is 23.4 Å². The molecule has 1 saturated heterocycles. The SMILES string of the molecule is Cc1cc(N)nc(-c2c(Cl)cc3c(C(C)C)nc(OCC4CCCN4C)nc3c2F)c1C(F)(F)F. The third-order valence-corrected chi connectivity index (χ3v) is 6.57. The van der Waals surface area contributed by atoms with E-state index in [0.717, 1.165) is 25.5 Å². The average molecular weight is 512 g/mol. The molecule has 1 aromatic carbocycles. The molecule has 1 aliphatic rings. The minimum atomic E-state index is -4.80. The molecular formula is C24H26ClF4N5O. The van der Waals surface area contributed by atoms with Gasteiger partial charge in [-0.3, -0.25) is 0 Å². The fraction of sp³-hybridized carbons (Fsp3) is 0.458. The lowest BCUT2D eigenvalue weighted by atomic mass is 9.97. The molecule has 1 unspecified atom stereocenters. The van der Waals surface area contributed by atoms with Gasteiger partial charge in [0.2, 0.25) is 0 Å². The smallest absolute Gasteiger partial charge is 0.418 e. The van der Waals surface area contributed by atoms with Crippen LogP contribution in [0.25, 0.3) is 22.2 Å². The van der Waals surface area contributed by atoms with Gasteiger partial charge in [-0.1, -0.05) is 25.4 Å². The summed E-state index contributed by atoms with van der Waals surface area (Å²) in [5.41, 5.74) is 3.52. The minimum absolute atomic E-state index is 0.0403. The van der Waals surface area contributed by atoms with E-state index < -0.39 is 28.8 Å². The van der Waals surface area contributed by atoms with Crippen molar-refractivity contribution in [3.05, 3.63) is 39.8 Å². The molecule has 0 aliphatic carbocycles. The number of fused-ring (bicyclic) bond motifs is 1.